The Morgan fingerprint density at radius 1 is 1.50 bits per heavy atom. The molecule has 0 radical (unpaired) electrons. The van der Waals surface area contributed by atoms with Crippen LogP contribution in [0.25, 0.3) is 0 Å². The highest BCUT2D eigenvalue weighted by Gasteiger charge is 2.25. The quantitative estimate of drug-likeness (QED) is 0.856. The first kappa shape index (κ1) is 19.2. The smallest absolute Gasteiger partial charge is 0.224 e. The number of carbonyl (C=O) groups excluding carboxylic acids is 1. The third kappa shape index (κ3) is 5.39. The molecule has 0 saturated carbocycles. The Morgan fingerprint density at radius 2 is 2.27 bits per heavy atom. The summed E-state index contributed by atoms with van der Waals surface area (Å²) in [5, 5.41) is 3.27. The second-order valence-electron chi connectivity index (χ2n) is 5.39. The van der Waals surface area contributed by atoms with E-state index >= 15 is 0 Å². The average Bonchev–Trinajstić information content (AvgIpc) is 2.48. The number of nitrogens with two attached hydrogens (primary N) is 1. The minimum Gasteiger partial charge on any atom is -0.355 e. The van der Waals surface area contributed by atoms with Crippen LogP contribution in [0.5, 0.6) is 0 Å². The molecule has 0 bridgehead atoms. The first-order valence-electron chi connectivity index (χ1n) is 7.24. The number of nitrogens with zero attached hydrogens (tertiary/aromatic N) is 1. The topological polar surface area (TPSA) is 58.4 Å². The van der Waals surface area contributed by atoms with Crippen molar-refractivity contribution in [2.45, 2.75) is 19.4 Å². The van der Waals surface area contributed by atoms with Crippen LogP contribution in [0, 0.1) is 11.7 Å². The molecule has 7 heteroatoms. The van der Waals surface area contributed by atoms with Gasteiger partial charge >= 0.3 is 0 Å². The van der Waals surface area contributed by atoms with Gasteiger partial charge in [0.05, 0.1) is 5.92 Å². The third-order valence-corrected chi connectivity index (χ3v) is 4.08. The van der Waals surface area contributed by atoms with Crippen molar-refractivity contribution in [1.82, 2.24) is 10.2 Å². The monoisotopic (exact) mass is 349 g/mol. The van der Waals surface area contributed by atoms with E-state index in [4.69, 9.17) is 17.3 Å². The van der Waals surface area contributed by atoms with Gasteiger partial charge in [0.15, 0.2) is 0 Å². The molecule has 0 aromatic heterocycles. The van der Waals surface area contributed by atoms with E-state index in [1.165, 1.54) is 12.1 Å². The molecule has 1 unspecified atom stereocenters. The van der Waals surface area contributed by atoms with Crippen molar-refractivity contribution in [3.63, 3.8) is 0 Å². The molecule has 1 aliphatic heterocycles. The van der Waals surface area contributed by atoms with Gasteiger partial charge in [-0.25, -0.2) is 4.39 Å². The van der Waals surface area contributed by atoms with Gasteiger partial charge in [-0.05, 0) is 37.1 Å². The second-order valence-corrected chi connectivity index (χ2v) is 5.80. The van der Waals surface area contributed by atoms with E-state index in [2.05, 4.69) is 10.2 Å². The van der Waals surface area contributed by atoms with Gasteiger partial charge in [0.2, 0.25) is 5.91 Å². The number of piperidine rings is 1. The molecule has 0 spiro atoms. The van der Waals surface area contributed by atoms with Crippen molar-refractivity contribution in [3.8, 4) is 0 Å². The van der Waals surface area contributed by atoms with Gasteiger partial charge in [0.25, 0.3) is 0 Å². The van der Waals surface area contributed by atoms with E-state index in [-0.39, 0.29) is 30.0 Å². The SMILES string of the molecule is Cl.NCCNC(=O)C1CCCN(Cc2ccc(F)cc2Cl)C1. The van der Waals surface area contributed by atoms with Gasteiger partial charge in [-0.2, -0.15) is 0 Å². The van der Waals surface area contributed by atoms with Gasteiger partial charge < -0.3 is 11.1 Å². The third-order valence-electron chi connectivity index (χ3n) is 3.73. The predicted octanol–water partition coefficient (Wildman–Crippen LogP) is 2.19. The number of benzene rings is 1. The Kier molecular flexibility index (Phi) is 8.10. The summed E-state index contributed by atoms with van der Waals surface area (Å²) in [5.74, 6) is -0.277. The lowest BCUT2D eigenvalue weighted by Gasteiger charge is -2.32. The zero-order valence-electron chi connectivity index (χ0n) is 12.4. The molecule has 1 atom stereocenters. The van der Waals surface area contributed by atoms with Gasteiger partial charge in [0, 0.05) is 31.2 Å². The fourth-order valence-corrected chi connectivity index (χ4v) is 2.87. The van der Waals surface area contributed by atoms with Crippen molar-refractivity contribution in [2.75, 3.05) is 26.2 Å². The summed E-state index contributed by atoms with van der Waals surface area (Å²) in [6.45, 7) is 3.23. The highest BCUT2D eigenvalue weighted by molar-refractivity contribution is 6.31. The summed E-state index contributed by atoms with van der Waals surface area (Å²) in [6.07, 6.45) is 1.86. The van der Waals surface area contributed by atoms with Crippen molar-refractivity contribution < 1.29 is 9.18 Å². The van der Waals surface area contributed by atoms with Crippen molar-refractivity contribution in [1.29, 1.82) is 0 Å². The molecule has 1 aromatic rings. The number of rotatable bonds is 5. The Balaban J connectivity index is 0.00000242. The first-order valence-corrected chi connectivity index (χ1v) is 7.62. The number of hydrogen-bond donors (Lipinski definition) is 2. The van der Waals surface area contributed by atoms with Crippen LogP contribution in [0.4, 0.5) is 4.39 Å². The fraction of sp³-hybridized carbons (Fsp3) is 0.533. The van der Waals surface area contributed by atoms with Crippen LogP contribution in [-0.4, -0.2) is 37.0 Å². The maximum absolute atomic E-state index is 13.1. The molecule has 4 nitrogen and oxygen atoms in total. The number of likely N-dealkylation sites (tertiary alicyclic amines) is 1. The molecule has 2 rings (SSSR count). The van der Waals surface area contributed by atoms with Gasteiger partial charge in [-0.1, -0.05) is 17.7 Å². The van der Waals surface area contributed by atoms with E-state index in [0.29, 0.717) is 31.2 Å². The van der Waals surface area contributed by atoms with Crippen LogP contribution < -0.4 is 11.1 Å². The molecule has 22 heavy (non-hydrogen) atoms. The van der Waals surface area contributed by atoms with Gasteiger partial charge in [-0.15, -0.1) is 12.4 Å². The number of amides is 1. The maximum Gasteiger partial charge on any atom is 0.224 e. The van der Waals surface area contributed by atoms with E-state index in [0.717, 1.165) is 24.9 Å². The Morgan fingerprint density at radius 3 is 2.95 bits per heavy atom. The van der Waals surface area contributed by atoms with Gasteiger partial charge in [-0.3, -0.25) is 9.69 Å². The Bertz CT molecular complexity index is 502. The van der Waals surface area contributed by atoms with Crippen molar-refractivity contribution >= 4 is 29.9 Å². The number of halogens is 3. The highest BCUT2D eigenvalue weighted by atomic mass is 35.5. The van der Waals surface area contributed by atoms with E-state index < -0.39 is 0 Å². The number of hydrogen-bond acceptors (Lipinski definition) is 3. The predicted molar refractivity (Wildman–Crippen MR) is 88.7 cm³/mol. The van der Waals surface area contributed by atoms with Crippen molar-refractivity contribution in [2.24, 2.45) is 11.7 Å². The van der Waals surface area contributed by atoms with Crippen LogP contribution in [-0.2, 0) is 11.3 Å². The van der Waals surface area contributed by atoms with Crippen molar-refractivity contribution in [3.05, 3.63) is 34.6 Å². The average molecular weight is 350 g/mol. The molecule has 124 valence electrons. The zero-order chi connectivity index (χ0) is 15.2. The molecule has 1 amide bonds. The summed E-state index contributed by atoms with van der Waals surface area (Å²) in [5.41, 5.74) is 6.28. The Hall–Kier alpha value is -0.880. The van der Waals surface area contributed by atoms with Gasteiger partial charge in [0.1, 0.15) is 5.82 Å². The summed E-state index contributed by atoms with van der Waals surface area (Å²) in [4.78, 5) is 14.2. The number of carbonyl (C=O) groups is 1. The number of nitrogens with one attached hydrogen (secondary N) is 1. The van der Waals surface area contributed by atoms with Crippen LogP contribution in [0.2, 0.25) is 5.02 Å². The molecule has 1 aliphatic rings. The summed E-state index contributed by atoms with van der Waals surface area (Å²) < 4.78 is 13.1. The molecule has 0 aliphatic carbocycles. The van der Waals surface area contributed by atoms with Crippen LogP contribution >= 0.6 is 24.0 Å². The van der Waals surface area contributed by atoms with E-state index in [1.54, 1.807) is 6.07 Å². The minimum absolute atomic E-state index is 0. The summed E-state index contributed by atoms with van der Waals surface area (Å²) in [6, 6.07) is 4.44. The normalized spacial score (nSPS) is 18.6. The maximum atomic E-state index is 13.1. The molecule has 3 N–H and O–H groups in total. The lowest BCUT2D eigenvalue weighted by molar-refractivity contribution is -0.126. The standard InChI is InChI=1S/C15H21ClFN3O.ClH/c16-14-8-13(17)4-3-11(14)9-20-7-1-2-12(10-20)15(21)19-6-5-18;/h3-4,8,12H,1-2,5-7,9-10,18H2,(H,19,21);1H. The molecular weight excluding hydrogens is 328 g/mol. The first-order chi connectivity index (χ1) is 10.1. The summed E-state index contributed by atoms with van der Waals surface area (Å²) >= 11 is 6.06. The lowest BCUT2D eigenvalue weighted by atomic mass is 9.96. The van der Waals surface area contributed by atoms with Crippen LogP contribution in [0.1, 0.15) is 18.4 Å². The fourth-order valence-electron chi connectivity index (χ4n) is 2.64. The van der Waals surface area contributed by atoms with E-state index in [1.807, 2.05) is 0 Å². The molecular formula is C15H22Cl2FN3O. The lowest BCUT2D eigenvalue weighted by Crippen LogP contribution is -2.43. The summed E-state index contributed by atoms with van der Waals surface area (Å²) in [7, 11) is 0. The minimum atomic E-state index is -0.332. The molecule has 1 heterocycles. The highest BCUT2D eigenvalue weighted by Crippen LogP contribution is 2.23. The zero-order valence-corrected chi connectivity index (χ0v) is 13.9. The molecule has 1 aromatic carbocycles. The molecule has 1 saturated heterocycles. The van der Waals surface area contributed by atoms with E-state index in [9.17, 15) is 9.18 Å². The second kappa shape index (κ2) is 9.30. The Labute approximate surface area is 141 Å². The van der Waals surface area contributed by atoms with Crippen LogP contribution in [0.3, 0.4) is 0 Å². The molecule has 1 fully saturated rings. The van der Waals surface area contributed by atoms with Crippen LogP contribution in [0.15, 0.2) is 18.2 Å². The largest absolute Gasteiger partial charge is 0.355 e.